The minimum absolute atomic E-state index is 0.0457. The van der Waals surface area contributed by atoms with Crippen LogP contribution in [0, 0.1) is 0 Å². The number of hydrogen-bond acceptors (Lipinski definition) is 2. The molecule has 0 spiro atoms. The maximum Gasteiger partial charge on any atom is 0.423 e. The van der Waals surface area contributed by atoms with E-state index in [0.717, 1.165) is 0 Å². The predicted molar refractivity (Wildman–Crippen MR) is 56.6 cm³/mol. The van der Waals surface area contributed by atoms with Gasteiger partial charge >= 0.3 is 12.4 Å². The highest BCUT2D eigenvalue weighted by Crippen LogP contribution is 2.37. The molecule has 1 aromatic carbocycles. The smallest absolute Gasteiger partial charge is 0.398 e. The number of ether oxygens (including phenoxy) is 1. The van der Waals surface area contributed by atoms with Crippen molar-refractivity contribution in [1.29, 1.82) is 0 Å². The highest BCUT2D eigenvalue weighted by molar-refractivity contribution is 6.31. The summed E-state index contributed by atoms with van der Waals surface area (Å²) in [4.78, 5) is 0. The molecule has 0 saturated heterocycles. The van der Waals surface area contributed by atoms with Crippen LogP contribution in [-0.2, 0) is 11.3 Å². The van der Waals surface area contributed by atoms with Crippen molar-refractivity contribution >= 4 is 17.3 Å². The Morgan fingerprint density at radius 2 is 1.63 bits per heavy atom. The molecule has 1 rings (SSSR count). The van der Waals surface area contributed by atoms with Crippen molar-refractivity contribution in [2.24, 2.45) is 0 Å². The number of alkyl halides is 6. The first-order valence-corrected chi connectivity index (χ1v) is 5.19. The van der Waals surface area contributed by atoms with Crippen LogP contribution in [0.5, 0.6) is 0 Å². The van der Waals surface area contributed by atoms with Gasteiger partial charge in [0, 0.05) is 16.3 Å². The zero-order valence-corrected chi connectivity index (χ0v) is 9.90. The Kier molecular flexibility index (Phi) is 4.57. The second kappa shape index (κ2) is 5.46. The van der Waals surface area contributed by atoms with Crippen molar-refractivity contribution in [2.75, 3.05) is 5.73 Å². The lowest BCUT2D eigenvalue weighted by atomic mass is 10.2. The lowest BCUT2D eigenvalue weighted by molar-refractivity contribution is -0.324. The Labute approximate surface area is 109 Å². The highest BCUT2D eigenvalue weighted by atomic mass is 35.5. The van der Waals surface area contributed by atoms with E-state index in [-0.39, 0.29) is 16.3 Å². The number of nitrogen functional groups attached to an aromatic ring is 1. The van der Waals surface area contributed by atoms with Gasteiger partial charge in [-0.1, -0.05) is 17.7 Å². The van der Waals surface area contributed by atoms with Crippen molar-refractivity contribution in [3.05, 3.63) is 28.8 Å². The summed E-state index contributed by atoms with van der Waals surface area (Å²) in [6.45, 7) is -0.991. The first-order valence-electron chi connectivity index (χ1n) is 4.81. The fourth-order valence-corrected chi connectivity index (χ4v) is 1.51. The third kappa shape index (κ3) is 4.17. The maximum absolute atomic E-state index is 12.2. The van der Waals surface area contributed by atoms with Gasteiger partial charge in [-0.25, -0.2) is 0 Å². The molecule has 0 amide bonds. The lowest BCUT2D eigenvalue weighted by Gasteiger charge is -2.23. The van der Waals surface area contributed by atoms with E-state index in [9.17, 15) is 26.3 Å². The van der Waals surface area contributed by atoms with Crippen molar-refractivity contribution in [3.63, 3.8) is 0 Å². The third-order valence-electron chi connectivity index (χ3n) is 2.14. The number of nitrogens with two attached hydrogens (primary N) is 1. The van der Waals surface area contributed by atoms with Gasteiger partial charge < -0.3 is 10.5 Å². The van der Waals surface area contributed by atoms with E-state index >= 15 is 0 Å². The molecule has 1 aromatic rings. The van der Waals surface area contributed by atoms with Crippen LogP contribution < -0.4 is 5.73 Å². The molecule has 0 bridgehead atoms. The lowest BCUT2D eigenvalue weighted by Crippen LogP contribution is -2.44. The number of rotatable bonds is 3. The summed E-state index contributed by atoms with van der Waals surface area (Å²) in [5, 5.41) is -0.0666. The Bertz CT molecular complexity index is 410. The van der Waals surface area contributed by atoms with E-state index in [0.29, 0.717) is 0 Å². The zero-order valence-electron chi connectivity index (χ0n) is 9.15. The molecular formula is C10H8ClF6NO. The summed E-state index contributed by atoms with van der Waals surface area (Å²) in [5.74, 6) is 0. The molecule has 19 heavy (non-hydrogen) atoms. The van der Waals surface area contributed by atoms with Gasteiger partial charge in [-0.15, -0.1) is 0 Å². The molecule has 0 aromatic heterocycles. The van der Waals surface area contributed by atoms with E-state index < -0.39 is 25.1 Å². The van der Waals surface area contributed by atoms with Gasteiger partial charge in [-0.3, -0.25) is 0 Å². The summed E-state index contributed by atoms with van der Waals surface area (Å²) >= 11 is 5.62. The normalized spacial score (nSPS) is 13.1. The second-order valence-electron chi connectivity index (χ2n) is 3.58. The van der Waals surface area contributed by atoms with Gasteiger partial charge in [0.05, 0.1) is 6.61 Å². The summed E-state index contributed by atoms with van der Waals surface area (Å²) < 4.78 is 77.2. The number of anilines is 1. The fraction of sp³-hybridized carbons (Fsp3) is 0.400. The van der Waals surface area contributed by atoms with E-state index in [1.54, 1.807) is 0 Å². The Morgan fingerprint density at radius 3 is 2.05 bits per heavy atom. The molecule has 0 aliphatic heterocycles. The summed E-state index contributed by atoms with van der Waals surface area (Å²) in [5.41, 5.74) is 5.23. The SMILES string of the molecule is Nc1cccc(Cl)c1COC(C(F)(F)F)C(F)(F)F. The molecule has 0 unspecified atom stereocenters. The standard InChI is InChI=1S/C10H8ClF6NO/c11-6-2-1-3-7(18)5(6)4-19-8(9(12,13)14)10(15,16)17/h1-3,8H,4,18H2. The van der Waals surface area contributed by atoms with Gasteiger partial charge in [0.2, 0.25) is 6.10 Å². The van der Waals surface area contributed by atoms with E-state index in [4.69, 9.17) is 17.3 Å². The number of benzene rings is 1. The van der Waals surface area contributed by atoms with Crippen LogP contribution in [0.4, 0.5) is 32.0 Å². The van der Waals surface area contributed by atoms with Crippen LogP contribution in [0.15, 0.2) is 18.2 Å². The maximum atomic E-state index is 12.2. The van der Waals surface area contributed by atoms with Crippen molar-refractivity contribution in [3.8, 4) is 0 Å². The third-order valence-corrected chi connectivity index (χ3v) is 2.50. The molecular weight excluding hydrogens is 300 g/mol. The van der Waals surface area contributed by atoms with E-state index in [1.807, 2.05) is 0 Å². The first-order chi connectivity index (χ1) is 8.53. The Hall–Kier alpha value is -1.15. The van der Waals surface area contributed by atoms with Gasteiger partial charge in [0.25, 0.3) is 0 Å². The Balaban J connectivity index is 2.89. The van der Waals surface area contributed by atoms with Crippen LogP contribution in [0.25, 0.3) is 0 Å². The van der Waals surface area contributed by atoms with Crippen molar-refractivity contribution in [2.45, 2.75) is 25.1 Å². The summed E-state index contributed by atoms with van der Waals surface area (Å²) in [7, 11) is 0. The monoisotopic (exact) mass is 307 g/mol. The van der Waals surface area contributed by atoms with Crippen LogP contribution in [-0.4, -0.2) is 18.5 Å². The molecule has 0 radical (unpaired) electrons. The van der Waals surface area contributed by atoms with E-state index in [1.165, 1.54) is 18.2 Å². The van der Waals surface area contributed by atoms with Gasteiger partial charge in [0.1, 0.15) is 0 Å². The molecule has 0 fully saturated rings. The molecule has 0 heterocycles. The Morgan fingerprint density at radius 1 is 1.11 bits per heavy atom. The molecule has 0 aliphatic rings. The fourth-order valence-electron chi connectivity index (χ4n) is 1.27. The molecule has 2 N–H and O–H groups in total. The van der Waals surface area contributed by atoms with Crippen LogP contribution in [0.1, 0.15) is 5.56 Å². The molecule has 108 valence electrons. The molecule has 0 aliphatic carbocycles. The second-order valence-corrected chi connectivity index (χ2v) is 3.99. The van der Waals surface area contributed by atoms with Crippen molar-refractivity contribution in [1.82, 2.24) is 0 Å². The average Bonchev–Trinajstić information content (AvgIpc) is 2.18. The largest absolute Gasteiger partial charge is 0.423 e. The minimum atomic E-state index is -5.56. The van der Waals surface area contributed by atoms with Gasteiger partial charge in [-0.2, -0.15) is 26.3 Å². The van der Waals surface area contributed by atoms with Gasteiger partial charge in [-0.05, 0) is 12.1 Å². The molecule has 2 nitrogen and oxygen atoms in total. The summed E-state index contributed by atoms with van der Waals surface area (Å²) in [6, 6.07) is 3.99. The number of hydrogen-bond donors (Lipinski definition) is 1. The van der Waals surface area contributed by atoms with Crippen LogP contribution in [0.3, 0.4) is 0 Å². The minimum Gasteiger partial charge on any atom is -0.398 e. The quantitative estimate of drug-likeness (QED) is 0.678. The molecule has 0 saturated carbocycles. The average molecular weight is 308 g/mol. The molecule has 9 heteroatoms. The topological polar surface area (TPSA) is 35.2 Å². The summed E-state index contributed by atoms with van der Waals surface area (Å²) in [6.07, 6.45) is -15.0. The first kappa shape index (κ1) is 15.9. The highest BCUT2D eigenvalue weighted by Gasteiger charge is 2.58. The zero-order chi connectivity index (χ0) is 14.8. The number of halogens is 7. The van der Waals surface area contributed by atoms with E-state index in [2.05, 4.69) is 4.74 Å². The molecule has 0 atom stereocenters. The van der Waals surface area contributed by atoms with Crippen LogP contribution >= 0.6 is 11.6 Å². The predicted octanol–water partition coefficient (Wildman–Crippen LogP) is 3.93. The van der Waals surface area contributed by atoms with Crippen molar-refractivity contribution < 1.29 is 31.1 Å². The van der Waals surface area contributed by atoms with Gasteiger partial charge in [0.15, 0.2) is 0 Å². The van der Waals surface area contributed by atoms with Crippen LogP contribution in [0.2, 0.25) is 5.02 Å².